The summed E-state index contributed by atoms with van der Waals surface area (Å²) in [6.45, 7) is 1.96. The monoisotopic (exact) mass is 288 g/mol. The lowest BCUT2D eigenvalue weighted by Gasteiger charge is -2.20. The van der Waals surface area contributed by atoms with E-state index in [1.165, 1.54) is 22.7 Å². The van der Waals surface area contributed by atoms with Crippen LogP contribution in [0.25, 0.3) is 0 Å². The minimum absolute atomic E-state index is 0.146. The van der Waals surface area contributed by atoms with Crippen molar-refractivity contribution in [2.45, 2.75) is 23.8 Å². The lowest BCUT2D eigenvalue weighted by molar-refractivity contribution is -0.115. The standard InChI is InChI=1S/C13H12N4O2S/c1-8-3-2-4-9(5-8)15-12(19)10-6-11(18)17-7-14-16-13(17)20-10/h2-5,7,10H,6H2,1H3,(H,15,19)/t10-/m1/s1. The van der Waals surface area contributed by atoms with E-state index in [4.69, 9.17) is 0 Å². The number of hydrogen-bond donors (Lipinski definition) is 1. The molecule has 0 saturated heterocycles. The number of aryl methyl sites for hydroxylation is 1. The molecule has 1 N–H and O–H groups in total. The van der Waals surface area contributed by atoms with Gasteiger partial charge >= 0.3 is 0 Å². The van der Waals surface area contributed by atoms with Gasteiger partial charge in [0.15, 0.2) is 5.16 Å². The number of benzene rings is 1. The van der Waals surface area contributed by atoms with Crippen LogP contribution in [-0.4, -0.2) is 31.8 Å². The minimum Gasteiger partial charge on any atom is -0.325 e. The number of rotatable bonds is 2. The van der Waals surface area contributed by atoms with Crippen LogP contribution >= 0.6 is 11.8 Å². The van der Waals surface area contributed by atoms with E-state index in [1.807, 2.05) is 31.2 Å². The number of anilines is 1. The smallest absolute Gasteiger partial charge is 0.238 e. The van der Waals surface area contributed by atoms with Crippen LogP contribution in [0, 0.1) is 6.92 Å². The Morgan fingerprint density at radius 2 is 2.35 bits per heavy atom. The van der Waals surface area contributed by atoms with Gasteiger partial charge in [0.25, 0.3) is 0 Å². The molecule has 1 atom stereocenters. The number of aromatic nitrogens is 3. The molecule has 2 aromatic rings. The van der Waals surface area contributed by atoms with Crippen LogP contribution in [0.3, 0.4) is 0 Å². The normalized spacial score (nSPS) is 17.6. The maximum atomic E-state index is 12.2. The molecule has 6 nitrogen and oxygen atoms in total. The van der Waals surface area contributed by atoms with Crippen LogP contribution in [0.1, 0.15) is 16.8 Å². The highest BCUT2D eigenvalue weighted by molar-refractivity contribution is 8.00. The number of carbonyl (C=O) groups excluding carboxylic acids is 2. The highest BCUT2D eigenvalue weighted by Gasteiger charge is 2.31. The van der Waals surface area contributed by atoms with Crippen molar-refractivity contribution in [3.8, 4) is 0 Å². The molecule has 102 valence electrons. The summed E-state index contributed by atoms with van der Waals surface area (Å²) < 4.78 is 1.38. The Morgan fingerprint density at radius 3 is 3.15 bits per heavy atom. The SMILES string of the molecule is Cc1cccc(NC(=O)[C@H]2CC(=O)n3cnnc3S2)c1. The molecular formula is C13H12N4O2S. The van der Waals surface area contributed by atoms with Gasteiger partial charge in [0, 0.05) is 12.1 Å². The maximum absolute atomic E-state index is 12.2. The molecule has 0 aliphatic carbocycles. The van der Waals surface area contributed by atoms with Gasteiger partial charge in [-0.05, 0) is 24.6 Å². The molecule has 20 heavy (non-hydrogen) atoms. The second-order valence-corrected chi connectivity index (χ2v) is 5.72. The molecule has 0 fully saturated rings. The number of nitrogens with zero attached hydrogens (tertiary/aromatic N) is 3. The summed E-state index contributed by atoms with van der Waals surface area (Å²) in [5, 5.41) is 10.3. The predicted octanol–water partition coefficient (Wildman–Crippen LogP) is 1.73. The summed E-state index contributed by atoms with van der Waals surface area (Å²) >= 11 is 1.26. The van der Waals surface area contributed by atoms with Crippen molar-refractivity contribution in [1.82, 2.24) is 14.8 Å². The Bertz CT molecular complexity index is 683. The van der Waals surface area contributed by atoms with Crippen molar-refractivity contribution in [3.05, 3.63) is 36.2 Å². The van der Waals surface area contributed by atoms with Gasteiger partial charge < -0.3 is 5.32 Å². The van der Waals surface area contributed by atoms with Crippen LogP contribution < -0.4 is 5.32 Å². The van der Waals surface area contributed by atoms with Gasteiger partial charge in [0.05, 0.1) is 0 Å². The zero-order chi connectivity index (χ0) is 14.1. The van der Waals surface area contributed by atoms with Gasteiger partial charge in [-0.1, -0.05) is 23.9 Å². The van der Waals surface area contributed by atoms with Gasteiger partial charge in [-0.2, -0.15) is 0 Å². The molecular weight excluding hydrogens is 276 g/mol. The second-order valence-electron chi connectivity index (χ2n) is 4.55. The lowest BCUT2D eigenvalue weighted by atomic mass is 10.2. The highest BCUT2D eigenvalue weighted by Crippen LogP contribution is 2.29. The van der Waals surface area contributed by atoms with Gasteiger partial charge in [0.2, 0.25) is 11.8 Å². The van der Waals surface area contributed by atoms with E-state index >= 15 is 0 Å². The quantitative estimate of drug-likeness (QED) is 0.910. The van der Waals surface area contributed by atoms with Gasteiger partial charge in [-0.3, -0.25) is 9.59 Å². The summed E-state index contributed by atoms with van der Waals surface area (Å²) in [5.74, 6) is -0.351. The molecule has 1 aliphatic heterocycles. The molecule has 0 radical (unpaired) electrons. The molecule has 0 bridgehead atoms. The summed E-state index contributed by atoms with van der Waals surface area (Å²) in [6, 6.07) is 7.54. The zero-order valence-electron chi connectivity index (χ0n) is 10.7. The zero-order valence-corrected chi connectivity index (χ0v) is 11.6. The van der Waals surface area contributed by atoms with Crippen molar-refractivity contribution < 1.29 is 9.59 Å². The van der Waals surface area contributed by atoms with Crippen molar-refractivity contribution >= 4 is 29.3 Å². The van der Waals surface area contributed by atoms with Crippen molar-refractivity contribution in [3.63, 3.8) is 0 Å². The van der Waals surface area contributed by atoms with Gasteiger partial charge in [-0.15, -0.1) is 10.2 Å². The summed E-state index contributed by atoms with van der Waals surface area (Å²) in [6.07, 6.45) is 1.52. The van der Waals surface area contributed by atoms with Crippen LogP contribution in [0.4, 0.5) is 5.69 Å². The Hall–Kier alpha value is -2.15. The predicted molar refractivity (Wildman–Crippen MR) is 74.7 cm³/mol. The van der Waals surface area contributed by atoms with Crippen LogP contribution in [0.5, 0.6) is 0 Å². The average molecular weight is 288 g/mol. The largest absolute Gasteiger partial charge is 0.325 e. The number of nitrogens with one attached hydrogen (secondary N) is 1. The van der Waals surface area contributed by atoms with Gasteiger partial charge in [-0.25, -0.2) is 4.57 Å². The maximum Gasteiger partial charge on any atom is 0.238 e. The molecule has 1 aromatic carbocycles. The van der Waals surface area contributed by atoms with E-state index in [0.29, 0.717) is 5.16 Å². The van der Waals surface area contributed by atoms with Gasteiger partial charge in [0.1, 0.15) is 11.6 Å². The van der Waals surface area contributed by atoms with E-state index in [2.05, 4.69) is 15.5 Å². The Morgan fingerprint density at radius 1 is 1.50 bits per heavy atom. The first-order chi connectivity index (χ1) is 9.63. The molecule has 1 aliphatic rings. The van der Waals surface area contributed by atoms with Crippen LogP contribution in [-0.2, 0) is 4.79 Å². The molecule has 3 rings (SSSR count). The molecule has 1 amide bonds. The first kappa shape index (κ1) is 12.9. The molecule has 7 heteroatoms. The van der Waals surface area contributed by atoms with E-state index in [0.717, 1.165) is 11.3 Å². The first-order valence-electron chi connectivity index (χ1n) is 6.11. The third-order valence-corrected chi connectivity index (χ3v) is 4.13. The van der Waals surface area contributed by atoms with E-state index in [9.17, 15) is 9.59 Å². The van der Waals surface area contributed by atoms with E-state index < -0.39 is 5.25 Å². The number of hydrogen-bond acceptors (Lipinski definition) is 5. The van der Waals surface area contributed by atoms with Crippen molar-refractivity contribution in [1.29, 1.82) is 0 Å². The number of fused-ring (bicyclic) bond motifs is 1. The number of carbonyl (C=O) groups is 2. The molecule has 2 heterocycles. The third-order valence-electron chi connectivity index (χ3n) is 2.97. The molecule has 0 unspecified atom stereocenters. The van der Waals surface area contributed by atoms with Crippen LogP contribution in [0.15, 0.2) is 35.7 Å². The number of amides is 1. The van der Waals surface area contributed by atoms with Crippen molar-refractivity contribution in [2.24, 2.45) is 0 Å². The summed E-state index contributed by atoms with van der Waals surface area (Å²) in [5.41, 5.74) is 1.80. The number of thioether (sulfide) groups is 1. The van der Waals surface area contributed by atoms with E-state index in [1.54, 1.807) is 0 Å². The summed E-state index contributed by atoms with van der Waals surface area (Å²) in [7, 11) is 0. The Balaban J connectivity index is 1.74. The Labute approximate surface area is 119 Å². The molecule has 0 saturated carbocycles. The fraction of sp³-hybridized carbons (Fsp3) is 0.231. The van der Waals surface area contributed by atoms with E-state index in [-0.39, 0.29) is 18.2 Å². The molecule has 0 spiro atoms. The Kier molecular flexibility index (Phi) is 3.27. The highest BCUT2D eigenvalue weighted by atomic mass is 32.2. The first-order valence-corrected chi connectivity index (χ1v) is 6.99. The fourth-order valence-electron chi connectivity index (χ4n) is 1.99. The fourth-order valence-corrected chi connectivity index (χ4v) is 3.00. The summed E-state index contributed by atoms with van der Waals surface area (Å²) in [4.78, 5) is 24.1. The topological polar surface area (TPSA) is 76.9 Å². The average Bonchev–Trinajstić information content (AvgIpc) is 2.87. The van der Waals surface area contributed by atoms with Crippen molar-refractivity contribution in [2.75, 3.05) is 5.32 Å². The second kappa shape index (κ2) is 5.09. The minimum atomic E-state index is -0.472. The lowest BCUT2D eigenvalue weighted by Crippen LogP contribution is -2.32. The third kappa shape index (κ3) is 2.44. The molecule has 1 aromatic heterocycles. The van der Waals surface area contributed by atoms with Crippen LogP contribution in [0.2, 0.25) is 0 Å².